The van der Waals surface area contributed by atoms with Crippen LogP contribution in [0.25, 0.3) is 16.9 Å². The summed E-state index contributed by atoms with van der Waals surface area (Å²) in [7, 11) is 3.76. The predicted octanol–water partition coefficient (Wildman–Crippen LogP) is 1.95. The molecule has 1 aromatic carbocycles. The van der Waals surface area contributed by atoms with E-state index in [1.54, 1.807) is 18.0 Å². The summed E-state index contributed by atoms with van der Waals surface area (Å²) in [5.41, 5.74) is 2.24. The highest BCUT2D eigenvalue weighted by Crippen LogP contribution is 2.34. The van der Waals surface area contributed by atoms with Crippen LogP contribution in [0.15, 0.2) is 30.5 Å². The fourth-order valence-electron chi connectivity index (χ4n) is 4.79. The number of carbonyl (C=O) groups excluding carboxylic acids is 1. The van der Waals surface area contributed by atoms with Gasteiger partial charge in [-0.3, -0.25) is 4.79 Å². The molecule has 2 atom stereocenters. The van der Waals surface area contributed by atoms with Crippen LogP contribution in [0.3, 0.4) is 0 Å². The molecule has 1 saturated carbocycles. The van der Waals surface area contributed by atoms with Crippen molar-refractivity contribution in [2.75, 3.05) is 40.3 Å². The summed E-state index contributed by atoms with van der Waals surface area (Å²) in [4.78, 5) is 26.6. The first kappa shape index (κ1) is 20.8. The van der Waals surface area contributed by atoms with E-state index in [9.17, 15) is 4.79 Å². The van der Waals surface area contributed by atoms with E-state index in [0.29, 0.717) is 23.0 Å². The molecule has 5 rings (SSSR count). The molecule has 9 nitrogen and oxygen atoms in total. The number of carbonyl (C=O) groups is 1. The van der Waals surface area contributed by atoms with Crippen molar-refractivity contribution in [1.82, 2.24) is 34.8 Å². The Bertz CT molecular complexity index is 1090. The van der Waals surface area contributed by atoms with Crippen LogP contribution in [-0.2, 0) is 11.2 Å². The molecule has 3 heterocycles. The zero-order valence-electron chi connectivity index (χ0n) is 18.6. The minimum Gasteiger partial charge on any atom is -0.497 e. The number of likely N-dealkylation sites (N-methyl/N-ethyl adjacent to an activating group) is 1. The van der Waals surface area contributed by atoms with Gasteiger partial charge < -0.3 is 14.5 Å². The molecule has 0 unspecified atom stereocenters. The van der Waals surface area contributed by atoms with E-state index in [-0.39, 0.29) is 5.92 Å². The highest BCUT2D eigenvalue weighted by atomic mass is 16.5. The largest absolute Gasteiger partial charge is 0.497 e. The van der Waals surface area contributed by atoms with Crippen molar-refractivity contribution in [3.05, 3.63) is 36.3 Å². The first-order valence-corrected chi connectivity index (χ1v) is 11.3. The second-order valence-corrected chi connectivity index (χ2v) is 8.90. The van der Waals surface area contributed by atoms with E-state index in [0.717, 1.165) is 69.1 Å². The Balaban J connectivity index is 1.27. The number of ether oxygens (including phenoxy) is 1. The number of benzene rings is 1. The first-order valence-electron chi connectivity index (χ1n) is 11.3. The molecular weight excluding hydrogens is 406 g/mol. The maximum Gasteiger partial charge on any atom is 0.225 e. The second kappa shape index (κ2) is 8.82. The Morgan fingerprint density at radius 3 is 2.66 bits per heavy atom. The van der Waals surface area contributed by atoms with E-state index in [1.807, 2.05) is 24.3 Å². The van der Waals surface area contributed by atoms with Gasteiger partial charge in [0.15, 0.2) is 11.2 Å². The van der Waals surface area contributed by atoms with Crippen molar-refractivity contribution in [2.24, 2.45) is 11.8 Å². The summed E-state index contributed by atoms with van der Waals surface area (Å²) in [6.07, 6.45) is 5.44. The standard InChI is InChI=1S/C23H29N7O2/c1-28-9-11-29(12-10-28)23(31)17-4-3-16(13-17)14-21-24-15-20-22(25-21)30(27-26-20)18-5-7-19(32-2)8-6-18/h5-8,15-17H,3-4,9-14H2,1-2H3/t16-,17+/m0/s1. The zero-order chi connectivity index (χ0) is 22.1. The van der Waals surface area contributed by atoms with Crippen molar-refractivity contribution in [1.29, 1.82) is 0 Å². The number of piperazine rings is 1. The van der Waals surface area contributed by atoms with Gasteiger partial charge in [-0.2, -0.15) is 4.68 Å². The van der Waals surface area contributed by atoms with E-state index in [4.69, 9.17) is 9.72 Å². The van der Waals surface area contributed by atoms with Crippen molar-refractivity contribution in [2.45, 2.75) is 25.7 Å². The van der Waals surface area contributed by atoms with Gasteiger partial charge in [-0.05, 0) is 56.5 Å². The van der Waals surface area contributed by atoms with Crippen molar-refractivity contribution < 1.29 is 9.53 Å². The molecule has 1 aliphatic heterocycles. The van der Waals surface area contributed by atoms with E-state index < -0.39 is 0 Å². The van der Waals surface area contributed by atoms with Crippen LogP contribution in [0.4, 0.5) is 0 Å². The average molecular weight is 436 g/mol. The van der Waals surface area contributed by atoms with Gasteiger partial charge in [0.05, 0.1) is 19.0 Å². The molecule has 1 aliphatic carbocycles. The fraction of sp³-hybridized carbons (Fsp3) is 0.522. The van der Waals surface area contributed by atoms with Crippen LogP contribution in [0.2, 0.25) is 0 Å². The Kier molecular flexibility index (Phi) is 5.73. The van der Waals surface area contributed by atoms with E-state index in [1.165, 1.54) is 0 Å². The van der Waals surface area contributed by atoms with Crippen molar-refractivity contribution in [3.63, 3.8) is 0 Å². The first-order chi connectivity index (χ1) is 15.6. The van der Waals surface area contributed by atoms with Gasteiger partial charge in [-0.25, -0.2) is 9.97 Å². The number of hydrogen-bond donors (Lipinski definition) is 0. The minimum absolute atomic E-state index is 0.138. The number of hydrogen-bond acceptors (Lipinski definition) is 7. The lowest BCUT2D eigenvalue weighted by atomic mass is 10.00. The molecule has 32 heavy (non-hydrogen) atoms. The maximum absolute atomic E-state index is 12.9. The molecule has 168 valence electrons. The van der Waals surface area contributed by atoms with Crippen LogP contribution in [0.1, 0.15) is 25.1 Å². The van der Waals surface area contributed by atoms with Gasteiger partial charge in [0.2, 0.25) is 5.91 Å². The smallest absolute Gasteiger partial charge is 0.225 e. The lowest BCUT2D eigenvalue weighted by Gasteiger charge is -2.34. The number of methoxy groups -OCH3 is 1. The Labute approximate surface area is 187 Å². The third-order valence-electron chi connectivity index (χ3n) is 6.74. The topological polar surface area (TPSA) is 89.3 Å². The minimum atomic E-state index is 0.138. The number of amides is 1. The van der Waals surface area contributed by atoms with Crippen LogP contribution >= 0.6 is 0 Å². The van der Waals surface area contributed by atoms with Gasteiger partial charge in [-0.1, -0.05) is 5.21 Å². The molecule has 0 radical (unpaired) electrons. The Morgan fingerprint density at radius 2 is 1.91 bits per heavy atom. The summed E-state index contributed by atoms with van der Waals surface area (Å²) < 4.78 is 6.97. The molecule has 9 heteroatoms. The normalized spacial score (nSPS) is 21.9. The molecule has 0 bridgehead atoms. The molecule has 2 aromatic heterocycles. The average Bonchev–Trinajstić information content (AvgIpc) is 3.46. The monoisotopic (exact) mass is 435 g/mol. The Hall–Kier alpha value is -3.07. The maximum atomic E-state index is 12.9. The van der Waals surface area contributed by atoms with Crippen LogP contribution in [0.5, 0.6) is 5.75 Å². The fourth-order valence-corrected chi connectivity index (χ4v) is 4.79. The summed E-state index contributed by atoms with van der Waals surface area (Å²) in [6.45, 7) is 3.62. The molecule has 2 aliphatic rings. The SMILES string of the molecule is COc1ccc(-n2nnc3cnc(C[C@H]4CC[C@@H](C(=O)N5CCN(C)CC5)C4)nc32)cc1. The van der Waals surface area contributed by atoms with Crippen molar-refractivity contribution in [3.8, 4) is 11.4 Å². The van der Waals surface area contributed by atoms with E-state index in [2.05, 4.69) is 32.1 Å². The predicted molar refractivity (Wildman–Crippen MR) is 120 cm³/mol. The summed E-state index contributed by atoms with van der Waals surface area (Å²) in [6, 6.07) is 7.64. The van der Waals surface area contributed by atoms with Crippen LogP contribution < -0.4 is 4.74 Å². The lowest BCUT2D eigenvalue weighted by molar-refractivity contribution is -0.137. The third kappa shape index (κ3) is 4.17. The van der Waals surface area contributed by atoms with Crippen LogP contribution in [0, 0.1) is 11.8 Å². The molecule has 1 amide bonds. The lowest BCUT2D eigenvalue weighted by Crippen LogP contribution is -2.48. The molecule has 3 aromatic rings. The summed E-state index contributed by atoms with van der Waals surface area (Å²) in [5, 5.41) is 8.46. The van der Waals surface area contributed by atoms with Crippen LogP contribution in [-0.4, -0.2) is 81.0 Å². The number of rotatable bonds is 5. The summed E-state index contributed by atoms with van der Waals surface area (Å²) >= 11 is 0. The summed E-state index contributed by atoms with van der Waals surface area (Å²) in [5.74, 6) is 2.47. The molecule has 0 spiro atoms. The van der Waals surface area contributed by atoms with Gasteiger partial charge >= 0.3 is 0 Å². The third-order valence-corrected chi connectivity index (χ3v) is 6.74. The quantitative estimate of drug-likeness (QED) is 0.605. The molecule has 2 fully saturated rings. The highest BCUT2D eigenvalue weighted by Gasteiger charge is 2.34. The molecule has 0 N–H and O–H groups in total. The highest BCUT2D eigenvalue weighted by molar-refractivity contribution is 5.79. The van der Waals surface area contributed by atoms with Gasteiger partial charge in [-0.15, -0.1) is 5.10 Å². The Morgan fingerprint density at radius 1 is 1.12 bits per heavy atom. The molecule has 1 saturated heterocycles. The van der Waals surface area contributed by atoms with E-state index >= 15 is 0 Å². The number of nitrogens with zero attached hydrogens (tertiary/aromatic N) is 7. The van der Waals surface area contributed by atoms with Gasteiger partial charge in [0, 0.05) is 38.5 Å². The zero-order valence-corrected chi connectivity index (χ0v) is 18.6. The number of aromatic nitrogens is 5. The second-order valence-electron chi connectivity index (χ2n) is 8.90. The van der Waals surface area contributed by atoms with Gasteiger partial charge in [0.1, 0.15) is 11.6 Å². The molecular formula is C23H29N7O2. The van der Waals surface area contributed by atoms with Crippen molar-refractivity contribution >= 4 is 17.1 Å². The number of fused-ring (bicyclic) bond motifs is 1. The van der Waals surface area contributed by atoms with Gasteiger partial charge in [0.25, 0.3) is 0 Å².